The SMILES string of the molecule is c1nc2ccc(Sc3c[nH]nn3)cc2s1. The average molecular weight is 234 g/mol. The van der Waals surface area contributed by atoms with Gasteiger partial charge in [-0.1, -0.05) is 17.0 Å². The Morgan fingerprint density at radius 3 is 3.20 bits per heavy atom. The van der Waals surface area contributed by atoms with E-state index in [2.05, 4.69) is 26.5 Å². The van der Waals surface area contributed by atoms with E-state index in [1.807, 2.05) is 17.6 Å². The molecule has 0 bridgehead atoms. The predicted octanol–water partition coefficient (Wildman–Crippen LogP) is 2.57. The summed E-state index contributed by atoms with van der Waals surface area (Å²) in [5.41, 5.74) is 2.90. The van der Waals surface area contributed by atoms with Crippen molar-refractivity contribution >= 4 is 33.3 Å². The van der Waals surface area contributed by atoms with Gasteiger partial charge in [-0.15, -0.1) is 16.4 Å². The third-order valence-electron chi connectivity index (χ3n) is 1.92. The third-order valence-corrected chi connectivity index (χ3v) is 3.61. The molecule has 0 fully saturated rings. The minimum absolute atomic E-state index is 0.874. The summed E-state index contributed by atoms with van der Waals surface area (Å²) in [6.45, 7) is 0. The lowest BCUT2D eigenvalue weighted by Crippen LogP contribution is -1.74. The van der Waals surface area contributed by atoms with Gasteiger partial charge in [0.15, 0.2) is 0 Å². The van der Waals surface area contributed by atoms with Crippen molar-refractivity contribution < 1.29 is 0 Å². The monoisotopic (exact) mass is 234 g/mol. The van der Waals surface area contributed by atoms with Gasteiger partial charge in [0, 0.05) is 4.90 Å². The van der Waals surface area contributed by atoms with Crippen LogP contribution in [0.15, 0.2) is 39.8 Å². The van der Waals surface area contributed by atoms with Crippen LogP contribution < -0.4 is 0 Å². The molecule has 0 amide bonds. The zero-order valence-electron chi connectivity index (χ0n) is 7.54. The lowest BCUT2D eigenvalue weighted by molar-refractivity contribution is 0.911. The zero-order chi connectivity index (χ0) is 10.1. The number of nitrogens with one attached hydrogen (secondary N) is 1. The number of benzene rings is 1. The maximum absolute atomic E-state index is 4.23. The van der Waals surface area contributed by atoms with Gasteiger partial charge in [-0.2, -0.15) is 0 Å². The van der Waals surface area contributed by atoms with Crippen LogP contribution in [0.1, 0.15) is 0 Å². The molecule has 0 atom stereocenters. The van der Waals surface area contributed by atoms with Crippen LogP contribution >= 0.6 is 23.1 Å². The fourth-order valence-electron chi connectivity index (χ4n) is 1.26. The Bertz CT molecular complexity index is 573. The number of rotatable bonds is 2. The molecular weight excluding hydrogens is 228 g/mol. The Morgan fingerprint density at radius 1 is 1.33 bits per heavy atom. The smallest absolute Gasteiger partial charge is 0.143 e. The van der Waals surface area contributed by atoms with Crippen molar-refractivity contribution in [2.24, 2.45) is 0 Å². The van der Waals surface area contributed by atoms with Crippen molar-refractivity contribution in [2.75, 3.05) is 0 Å². The molecule has 3 rings (SSSR count). The summed E-state index contributed by atoms with van der Waals surface area (Å²) in [4.78, 5) is 5.39. The zero-order valence-corrected chi connectivity index (χ0v) is 9.18. The molecule has 0 radical (unpaired) electrons. The Hall–Kier alpha value is -1.40. The number of aromatic nitrogens is 4. The normalized spacial score (nSPS) is 10.9. The highest BCUT2D eigenvalue weighted by molar-refractivity contribution is 7.99. The van der Waals surface area contributed by atoms with Gasteiger partial charge < -0.3 is 0 Å². The molecule has 0 saturated carbocycles. The van der Waals surface area contributed by atoms with E-state index in [9.17, 15) is 0 Å². The average Bonchev–Trinajstić information content (AvgIpc) is 2.87. The van der Waals surface area contributed by atoms with Crippen LogP contribution in [0, 0.1) is 0 Å². The van der Waals surface area contributed by atoms with Crippen molar-refractivity contribution in [1.82, 2.24) is 20.4 Å². The molecule has 0 aliphatic heterocycles. The standard InChI is InChI=1S/C9H6N4S2/c1-2-7-8(14-5-10-7)3-6(1)15-9-4-11-13-12-9/h1-5H,(H,11,12,13). The third kappa shape index (κ3) is 1.73. The predicted molar refractivity (Wildman–Crippen MR) is 60.1 cm³/mol. The van der Waals surface area contributed by atoms with E-state index in [4.69, 9.17) is 0 Å². The number of H-pyrrole nitrogens is 1. The molecule has 3 aromatic rings. The lowest BCUT2D eigenvalue weighted by Gasteiger charge is -1.96. The molecule has 0 aliphatic rings. The van der Waals surface area contributed by atoms with E-state index in [0.29, 0.717) is 0 Å². The first-order valence-corrected chi connectivity index (χ1v) is 5.99. The summed E-state index contributed by atoms with van der Waals surface area (Å²) in [6, 6.07) is 6.18. The molecule has 74 valence electrons. The molecule has 2 heterocycles. The largest absolute Gasteiger partial charge is 0.264 e. The van der Waals surface area contributed by atoms with E-state index >= 15 is 0 Å². The van der Waals surface area contributed by atoms with Crippen LogP contribution in [0.3, 0.4) is 0 Å². The molecule has 0 aliphatic carbocycles. The molecule has 2 aromatic heterocycles. The molecule has 1 aromatic carbocycles. The summed E-state index contributed by atoms with van der Waals surface area (Å²) >= 11 is 3.23. The molecule has 6 heteroatoms. The fourth-order valence-corrected chi connectivity index (χ4v) is 2.80. The van der Waals surface area contributed by atoms with Crippen LogP contribution in [-0.2, 0) is 0 Å². The highest BCUT2D eigenvalue weighted by atomic mass is 32.2. The molecule has 0 saturated heterocycles. The Balaban J connectivity index is 1.97. The fraction of sp³-hybridized carbons (Fsp3) is 0. The van der Waals surface area contributed by atoms with E-state index < -0.39 is 0 Å². The Kier molecular flexibility index (Phi) is 2.15. The molecule has 0 unspecified atom stereocenters. The molecule has 4 nitrogen and oxygen atoms in total. The number of hydrogen-bond donors (Lipinski definition) is 1. The molecule has 15 heavy (non-hydrogen) atoms. The van der Waals surface area contributed by atoms with Gasteiger partial charge >= 0.3 is 0 Å². The number of nitrogens with zero attached hydrogens (tertiary/aromatic N) is 3. The van der Waals surface area contributed by atoms with E-state index in [0.717, 1.165) is 15.4 Å². The summed E-state index contributed by atoms with van der Waals surface area (Å²) in [7, 11) is 0. The van der Waals surface area contributed by atoms with Crippen LogP contribution in [0.25, 0.3) is 10.2 Å². The van der Waals surface area contributed by atoms with Gasteiger partial charge in [-0.3, -0.25) is 5.10 Å². The second-order valence-corrected chi connectivity index (χ2v) is 4.88. The van der Waals surface area contributed by atoms with Gasteiger partial charge in [0.25, 0.3) is 0 Å². The second-order valence-electron chi connectivity index (χ2n) is 2.90. The first kappa shape index (κ1) is 8.87. The molecule has 1 N–H and O–H groups in total. The van der Waals surface area contributed by atoms with E-state index in [-0.39, 0.29) is 0 Å². The highest BCUT2D eigenvalue weighted by Gasteiger charge is 2.02. The van der Waals surface area contributed by atoms with Crippen LogP contribution in [-0.4, -0.2) is 20.4 Å². The minimum atomic E-state index is 0.874. The molecule has 0 spiro atoms. The van der Waals surface area contributed by atoms with E-state index in [1.165, 1.54) is 4.70 Å². The Labute approximate surface area is 93.7 Å². The van der Waals surface area contributed by atoms with Gasteiger partial charge in [-0.25, -0.2) is 4.98 Å². The van der Waals surface area contributed by atoms with Crippen molar-refractivity contribution in [3.05, 3.63) is 29.9 Å². The maximum Gasteiger partial charge on any atom is 0.143 e. The lowest BCUT2D eigenvalue weighted by atomic mass is 10.3. The van der Waals surface area contributed by atoms with Gasteiger partial charge in [0.05, 0.1) is 21.9 Å². The van der Waals surface area contributed by atoms with Crippen LogP contribution in [0.2, 0.25) is 0 Å². The Morgan fingerprint density at radius 2 is 2.33 bits per heavy atom. The first-order chi connectivity index (χ1) is 7.42. The summed E-state index contributed by atoms with van der Waals surface area (Å²) in [5.74, 6) is 0. The number of hydrogen-bond acceptors (Lipinski definition) is 5. The number of aromatic amines is 1. The quantitative estimate of drug-likeness (QED) is 0.740. The van der Waals surface area contributed by atoms with Crippen molar-refractivity contribution in [3.8, 4) is 0 Å². The van der Waals surface area contributed by atoms with Crippen molar-refractivity contribution in [1.29, 1.82) is 0 Å². The minimum Gasteiger partial charge on any atom is -0.264 e. The van der Waals surface area contributed by atoms with Gasteiger partial charge in [0.2, 0.25) is 0 Å². The van der Waals surface area contributed by atoms with E-state index in [1.54, 1.807) is 29.3 Å². The summed E-state index contributed by atoms with van der Waals surface area (Å²) in [6.07, 6.45) is 1.78. The van der Waals surface area contributed by atoms with Crippen LogP contribution in [0.5, 0.6) is 0 Å². The molecular formula is C9H6N4S2. The number of fused-ring (bicyclic) bond motifs is 1. The maximum atomic E-state index is 4.23. The topological polar surface area (TPSA) is 54.5 Å². The highest BCUT2D eigenvalue weighted by Crippen LogP contribution is 2.29. The summed E-state index contributed by atoms with van der Waals surface area (Å²) < 4.78 is 1.20. The number of thiazole rings is 1. The van der Waals surface area contributed by atoms with Crippen molar-refractivity contribution in [2.45, 2.75) is 9.92 Å². The summed E-state index contributed by atoms with van der Waals surface area (Å²) in [5, 5.41) is 11.2. The second kappa shape index (κ2) is 3.63. The van der Waals surface area contributed by atoms with Gasteiger partial charge in [0.1, 0.15) is 5.03 Å². The van der Waals surface area contributed by atoms with Crippen molar-refractivity contribution in [3.63, 3.8) is 0 Å². The van der Waals surface area contributed by atoms with Gasteiger partial charge in [-0.05, 0) is 18.2 Å². The first-order valence-electron chi connectivity index (χ1n) is 4.29. The van der Waals surface area contributed by atoms with Crippen LogP contribution in [0.4, 0.5) is 0 Å².